The average molecular weight is 377 g/mol. The molecule has 4 rings (SSSR count). The molecule has 2 atom stereocenters. The Morgan fingerprint density at radius 2 is 2.04 bits per heavy atom. The van der Waals surface area contributed by atoms with Crippen LogP contribution in [0.2, 0.25) is 0 Å². The summed E-state index contributed by atoms with van der Waals surface area (Å²) in [6.07, 6.45) is 1.01. The number of hydrogen-bond acceptors (Lipinski definition) is 5. The molecule has 0 unspecified atom stereocenters. The standard InChI is InChI=1S/C21H20FN5O/c1-28-17-6-4-16(5-7-17)27-20(13-2-3-14(11-23)18(22)8-13)10-21(26-27)25-12-15-9-19(15)24/h2-8,10,15,19H,9,12,24H2,1H3,(H,25,26)/t15-,19+/m1/s1. The first-order valence-electron chi connectivity index (χ1n) is 9.03. The van der Waals surface area contributed by atoms with Crippen LogP contribution in [0.4, 0.5) is 10.2 Å². The Morgan fingerprint density at radius 3 is 2.64 bits per heavy atom. The molecule has 142 valence electrons. The number of ether oxygens (including phenoxy) is 1. The number of nitrogens with zero attached hydrogens (tertiary/aromatic N) is 3. The first-order chi connectivity index (χ1) is 13.6. The SMILES string of the molecule is COc1ccc(-n2nc(NC[C@H]3C[C@@H]3N)cc2-c2ccc(C#N)c(F)c2)cc1. The number of nitriles is 1. The molecule has 0 amide bonds. The fourth-order valence-electron chi connectivity index (χ4n) is 3.10. The maximum atomic E-state index is 14.2. The van der Waals surface area contributed by atoms with E-state index in [9.17, 15) is 4.39 Å². The number of nitrogens with two attached hydrogens (primary N) is 1. The molecule has 0 saturated heterocycles. The Balaban J connectivity index is 1.72. The lowest BCUT2D eigenvalue weighted by Crippen LogP contribution is -2.11. The van der Waals surface area contributed by atoms with E-state index in [1.54, 1.807) is 17.9 Å². The molecule has 0 bridgehead atoms. The van der Waals surface area contributed by atoms with Gasteiger partial charge in [-0.1, -0.05) is 6.07 Å². The van der Waals surface area contributed by atoms with Crippen LogP contribution in [0.3, 0.4) is 0 Å². The Morgan fingerprint density at radius 1 is 1.29 bits per heavy atom. The van der Waals surface area contributed by atoms with Crippen LogP contribution in [0.25, 0.3) is 16.9 Å². The molecule has 7 heteroatoms. The van der Waals surface area contributed by atoms with Crippen LogP contribution >= 0.6 is 0 Å². The van der Waals surface area contributed by atoms with Gasteiger partial charge in [0.15, 0.2) is 0 Å². The first-order valence-corrected chi connectivity index (χ1v) is 9.03. The van der Waals surface area contributed by atoms with Crippen LogP contribution in [0.5, 0.6) is 5.75 Å². The minimum absolute atomic E-state index is 0.0142. The summed E-state index contributed by atoms with van der Waals surface area (Å²) in [5, 5.41) is 16.9. The predicted octanol–water partition coefficient (Wildman–Crippen LogP) is 3.32. The number of anilines is 1. The Labute approximate surface area is 162 Å². The van der Waals surface area contributed by atoms with Gasteiger partial charge in [0.2, 0.25) is 0 Å². The molecule has 0 aliphatic heterocycles. The normalized spacial score (nSPS) is 17.8. The van der Waals surface area contributed by atoms with Crippen LogP contribution < -0.4 is 15.8 Å². The fraction of sp³-hybridized carbons (Fsp3) is 0.238. The lowest BCUT2D eigenvalue weighted by Gasteiger charge is -2.09. The second kappa shape index (κ2) is 7.33. The van der Waals surface area contributed by atoms with E-state index in [1.165, 1.54) is 12.1 Å². The van der Waals surface area contributed by atoms with Crippen molar-refractivity contribution >= 4 is 5.82 Å². The summed E-state index contributed by atoms with van der Waals surface area (Å²) in [7, 11) is 1.61. The number of hydrogen-bond donors (Lipinski definition) is 2. The van der Waals surface area contributed by atoms with Gasteiger partial charge in [-0.05, 0) is 48.7 Å². The fourth-order valence-corrected chi connectivity index (χ4v) is 3.10. The van der Waals surface area contributed by atoms with Crippen molar-refractivity contribution in [2.75, 3.05) is 19.0 Å². The van der Waals surface area contributed by atoms with Crippen molar-refractivity contribution in [3.63, 3.8) is 0 Å². The van der Waals surface area contributed by atoms with Gasteiger partial charge in [-0.15, -0.1) is 5.10 Å². The molecule has 0 radical (unpaired) electrons. The maximum absolute atomic E-state index is 14.2. The topological polar surface area (TPSA) is 88.9 Å². The van der Waals surface area contributed by atoms with Gasteiger partial charge in [-0.2, -0.15) is 5.26 Å². The molecule has 1 heterocycles. The molecule has 1 saturated carbocycles. The van der Waals surface area contributed by atoms with E-state index < -0.39 is 5.82 Å². The molecule has 0 spiro atoms. The monoisotopic (exact) mass is 377 g/mol. The van der Waals surface area contributed by atoms with E-state index in [-0.39, 0.29) is 11.6 Å². The minimum Gasteiger partial charge on any atom is -0.497 e. The summed E-state index contributed by atoms with van der Waals surface area (Å²) in [6, 6.07) is 16.0. The summed E-state index contributed by atoms with van der Waals surface area (Å²) in [5.41, 5.74) is 8.06. The molecular formula is C21H20FN5O. The molecular weight excluding hydrogens is 357 g/mol. The minimum atomic E-state index is -0.555. The van der Waals surface area contributed by atoms with Crippen molar-refractivity contribution in [2.45, 2.75) is 12.5 Å². The van der Waals surface area contributed by atoms with Crippen LogP contribution in [0.1, 0.15) is 12.0 Å². The van der Waals surface area contributed by atoms with Crippen LogP contribution in [-0.4, -0.2) is 29.5 Å². The van der Waals surface area contributed by atoms with E-state index in [2.05, 4.69) is 10.4 Å². The molecule has 1 aliphatic rings. The van der Waals surface area contributed by atoms with Crippen molar-refractivity contribution < 1.29 is 9.13 Å². The maximum Gasteiger partial charge on any atom is 0.149 e. The summed E-state index contributed by atoms with van der Waals surface area (Å²) in [4.78, 5) is 0. The van der Waals surface area contributed by atoms with E-state index in [0.29, 0.717) is 17.3 Å². The average Bonchev–Trinajstić information content (AvgIpc) is 3.26. The zero-order valence-electron chi connectivity index (χ0n) is 15.4. The smallest absolute Gasteiger partial charge is 0.149 e. The third-order valence-electron chi connectivity index (χ3n) is 4.93. The molecule has 28 heavy (non-hydrogen) atoms. The molecule has 1 aliphatic carbocycles. The first kappa shape index (κ1) is 18.0. The van der Waals surface area contributed by atoms with Gasteiger partial charge < -0.3 is 15.8 Å². The van der Waals surface area contributed by atoms with Crippen molar-refractivity contribution in [3.8, 4) is 28.8 Å². The zero-order valence-corrected chi connectivity index (χ0v) is 15.4. The molecule has 1 fully saturated rings. The van der Waals surface area contributed by atoms with Gasteiger partial charge in [-0.25, -0.2) is 9.07 Å². The van der Waals surface area contributed by atoms with Gasteiger partial charge in [0, 0.05) is 24.2 Å². The van der Waals surface area contributed by atoms with Crippen molar-refractivity contribution in [3.05, 3.63) is 59.9 Å². The second-order valence-electron chi connectivity index (χ2n) is 6.87. The number of halogens is 1. The number of methoxy groups -OCH3 is 1. The Bertz CT molecular complexity index is 1040. The number of rotatable bonds is 6. The molecule has 3 aromatic rings. The number of benzene rings is 2. The molecule has 3 N–H and O–H groups in total. The number of aromatic nitrogens is 2. The predicted molar refractivity (Wildman–Crippen MR) is 105 cm³/mol. The van der Waals surface area contributed by atoms with E-state index in [0.717, 1.165) is 30.1 Å². The largest absolute Gasteiger partial charge is 0.497 e. The summed E-state index contributed by atoms with van der Waals surface area (Å²) < 4.78 is 21.1. The summed E-state index contributed by atoms with van der Waals surface area (Å²) >= 11 is 0. The highest BCUT2D eigenvalue weighted by Crippen LogP contribution is 2.30. The second-order valence-corrected chi connectivity index (χ2v) is 6.87. The summed E-state index contributed by atoms with van der Waals surface area (Å²) in [5.74, 6) is 1.33. The number of nitrogens with one attached hydrogen (secondary N) is 1. The van der Waals surface area contributed by atoms with E-state index in [4.69, 9.17) is 15.7 Å². The highest BCUT2D eigenvalue weighted by molar-refractivity contribution is 5.67. The quantitative estimate of drug-likeness (QED) is 0.688. The van der Waals surface area contributed by atoms with Gasteiger partial charge in [-0.3, -0.25) is 0 Å². The zero-order chi connectivity index (χ0) is 19.7. The Hall–Kier alpha value is -3.37. The van der Waals surface area contributed by atoms with E-state index in [1.807, 2.05) is 36.4 Å². The molecule has 2 aromatic carbocycles. The van der Waals surface area contributed by atoms with Crippen LogP contribution in [-0.2, 0) is 0 Å². The van der Waals surface area contributed by atoms with Gasteiger partial charge in [0.05, 0.1) is 24.1 Å². The van der Waals surface area contributed by atoms with Gasteiger partial charge in [0.1, 0.15) is 23.5 Å². The lowest BCUT2D eigenvalue weighted by molar-refractivity contribution is 0.414. The third kappa shape index (κ3) is 3.55. The lowest BCUT2D eigenvalue weighted by atomic mass is 10.1. The van der Waals surface area contributed by atoms with Crippen molar-refractivity contribution in [2.24, 2.45) is 11.7 Å². The summed E-state index contributed by atoms with van der Waals surface area (Å²) in [6.45, 7) is 0.752. The highest BCUT2D eigenvalue weighted by atomic mass is 19.1. The van der Waals surface area contributed by atoms with E-state index >= 15 is 0 Å². The van der Waals surface area contributed by atoms with Gasteiger partial charge in [0.25, 0.3) is 0 Å². The van der Waals surface area contributed by atoms with Crippen molar-refractivity contribution in [1.82, 2.24) is 9.78 Å². The molecule has 6 nitrogen and oxygen atoms in total. The van der Waals surface area contributed by atoms with Crippen LogP contribution in [0, 0.1) is 23.1 Å². The highest BCUT2D eigenvalue weighted by Gasteiger charge is 2.33. The third-order valence-corrected chi connectivity index (χ3v) is 4.93. The molecule has 1 aromatic heterocycles. The Kier molecular flexibility index (Phi) is 4.72. The van der Waals surface area contributed by atoms with Gasteiger partial charge >= 0.3 is 0 Å². The van der Waals surface area contributed by atoms with Crippen LogP contribution in [0.15, 0.2) is 48.5 Å². The van der Waals surface area contributed by atoms with Crippen molar-refractivity contribution in [1.29, 1.82) is 5.26 Å².